The van der Waals surface area contributed by atoms with Gasteiger partial charge in [0.15, 0.2) is 0 Å². The van der Waals surface area contributed by atoms with Crippen molar-refractivity contribution >= 4 is 17.8 Å². The van der Waals surface area contributed by atoms with Crippen LogP contribution < -0.4 is 9.64 Å². The molecular formula is C24H31N5O3. The van der Waals surface area contributed by atoms with Crippen molar-refractivity contribution < 1.29 is 14.3 Å². The van der Waals surface area contributed by atoms with Gasteiger partial charge in [-0.1, -0.05) is 12.1 Å². The molecule has 8 nitrogen and oxygen atoms in total. The summed E-state index contributed by atoms with van der Waals surface area (Å²) >= 11 is 0. The number of piperidine rings is 1. The van der Waals surface area contributed by atoms with E-state index in [1.165, 1.54) is 6.42 Å². The molecule has 170 valence electrons. The minimum absolute atomic E-state index is 0.00295. The number of hydrogen-bond donors (Lipinski definition) is 0. The van der Waals surface area contributed by atoms with Crippen molar-refractivity contribution in [3.8, 4) is 5.75 Å². The normalized spacial score (nSPS) is 19.1. The minimum atomic E-state index is -0.208. The zero-order valence-corrected chi connectivity index (χ0v) is 19.1. The van der Waals surface area contributed by atoms with Gasteiger partial charge in [0, 0.05) is 45.3 Å². The Morgan fingerprint density at radius 1 is 1.00 bits per heavy atom. The highest BCUT2D eigenvalue weighted by Crippen LogP contribution is 2.28. The first-order valence-electron chi connectivity index (χ1n) is 11.3. The zero-order chi connectivity index (χ0) is 22.7. The maximum atomic E-state index is 13.4. The van der Waals surface area contributed by atoms with Crippen molar-refractivity contribution in [1.29, 1.82) is 0 Å². The Kier molecular flexibility index (Phi) is 6.58. The molecule has 0 aliphatic carbocycles. The molecule has 2 fully saturated rings. The van der Waals surface area contributed by atoms with Gasteiger partial charge in [0.05, 0.1) is 13.2 Å². The molecule has 1 atom stereocenters. The minimum Gasteiger partial charge on any atom is -0.497 e. The van der Waals surface area contributed by atoms with Crippen LogP contribution in [0.1, 0.15) is 54.0 Å². The van der Waals surface area contributed by atoms with Crippen LogP contribution in [0.3, 0.4) is 0 Å². The first kappa shape index (κ1) is 22.0. The van der Waals surface area contributed by atoms with Crippen molar-refractivity contribution in [3.63, 3.8) is 0 Å². The van der Waals surface area contributed by atoms with E-state index in [-0.39, 0.29) is 17.9 Å². The number of ether oxygens (including phenoxy) is 1. The Labute approximate surface area is 189 Å². The molecule has 8 heteroatoms. The molecule has 1 aromatic carbocycles. The van der Waals surface area contributed by atoms with Crippen molar-refractivity contribution in [1.82, 2.24) is 19.8 Å². The number of carbonyl (C=O) groups is 2. The number of anilines is 1. The summed E-state index contributed by atoms with van der Waals surface area (Å²) in [5.41, 5.74) is 2.19. The van der Waals surface area contributed by atoms with E-state index < -0.39 is 0 Å². The van der Waals surface area contributed by atoms with E-state index in [1.54, 1.807) is 25.0 Å². The number of nitrogens with zero attached hydrogens (tertiary/aromatic N) is 5. The van der Waals surface area contributed by atoms with Gasteiger partial charge in [0.2, 0.25) is 11.9 Å². The average Bonchev–Trinajstić information content (AvgIpc) is 2.83. The molecule has 4 rings (SSSR count). The van der Waals surface area contributed by atoms with Gasteiger partial charge < -0.3 is 19.4 Å². The van der Waals surface area contributed by atoms with Gasteiger partial charge in [-0.2, -0.15) is 0 Å². The van der Waals surface area contributed by atoms with Crippen LogP contribution in [0.5, 0.6) is 5.75 Å². The van der Waals surface area contributed by atoms with Crippen LogP contribution in [-0.2, 0) is 4.79 Å². The lowest BCUT2D eigenvalue weighted by molar-refractivity contribution is -0.133. The zero-order valence-electron chi connectivity index (χ0n) is 19.1. The fourth-order valence-corrected chi connectivity index (χ4v) is 4.52. The number of amides is 2. The smallest absolute Gasteiger partial charge is 0.272 e. The van der Waals surface area contributed by atoms with Gasteiger partial charge in [0.25, 0.3) is 5.91 Å². The van der Waals surface area contributed by atoms with Crippen LogP contribution >= 0.6 is 0 Å². The van der Waals surface area contributed by atoms with E-state index in [9.17, 15) is 9.59 Å². The quantitative estimate of drug-likeness (QED) is 0.732. The number of benzene rings is 1. The fraction of sp³-hybridized carbons (Fsp3) is 0.500. The Bertz CT molecular complexity index is 972. The average molecular weight is 438 g/mol. The van der Waals surface area contributed by atoms with E-state index >= 15 is 0 Å². The van der Waals surface area contributed by atoms with Crippen LogP contribution in [-0.4, -0.2) is 71.4 Å². The molecule has 1 aromatic heterocycles. The summed E-state index contributed by atoms with van der Waals surface area (Å²) in [5, 5.41) is 0. The van der Waals surface area contributed by atoms with Crippen LogP contribution in [0, 0.1) is 6.92 Å². The van der Waals surface area contributed by atoms with Gasteiger partial charge in [-0.3, -0.25) is 9.59 Å². The van der Waals surface area contributed by atoms with Crippen LogP contribution in [0.15, 0.2) is 30.3 Å². The molecule has 3 heterocycles. The van der Waals surface area contributed by atoms with Crippen LogP contribution in [0.4, 0.5) is 5.95 Å². The number of rotatable bonds is 4. The number of hydrogen-bond acceptors (Lipinski definition) is 6. The topological polar surface area (TPSA) is 78.9 Å². The molecule has 2 amide bonds. The molecule has 2 aromatic rings. The standard InChI is InChI=1S/C24H31N5O3/c1-17-15-21(26-24(25-17)27-11-5-4-6-12-27)23(31)28-13-14-29(18(2)30)22(16-28)19-7-9-20(32-3)10-8-19/h7-10,15,22H,4-6,11-14,16H2,1-3H3/t22-/m1/s1. The largest absolute Gasteiger partial charge is 0.497 e. The Hall–Kier alpha value is -3.16. The highest BCUT2D eigenvalue weighted by Gasteiger charge is 2.33. The van der Waals surface area contributed by atoms with Gasteiger partial charge >= 0.3 is 0 Å². The van der Waals surface area contributed by atoms with Gasteiger partial charge in [-0.25, -0.2) is 9.97 Å². The molecule has 2 aliphatic rings. The van der Waals surface area contributed by atoms with Crippen molar-refractivity contribution in [2.45, 2.75) is 39.2 Å². The molecular weight excluding hydrogens is 406 g/mol. The van der Waals surface area contributed by atoms with E-state index in [4.69, 9.17) is 4.74 Å². The predicted molar refractivity (Wildman–Crippen MR) is 122 cm³/mol. The fourth-order valence-electron chi connectivity index (χ4n) is 4.52. The molecule has 2 saturated heterocycles. The lowest BCUT2D eigenvalue weighted by atomic mass is 10.0. The Balaban J connectivity index is 1.57. The molecule has 32 heavy (non-hydrogen) atoms. The molecule has 2 aliphatic heterocycles. The number of carbonyl (C=O) groups excluding carboxylic acids is 2. The Morgan fingerprint density at radius 3 is 2.38 bits per heavy atom. The monoisotopic (exact) mass is 437 g/mol. The van der Waals surface area contributed by atoms with Gasteiger partial charge in [-0.15, -0.1) is 0 Å². The van der Waals surface area contributed by atoms with Gasteiger partial charge in [0.1, 0.15) is 11.4 Å². The third-order valence-corrected chi connectivity index (χ3v) is 6.27. The van der Waals surface area contributed by atoms with E-state index in [1.807, 2.05) is 36.1 Å². The second-order valence-electron chi connectivity index (χ2n) is 8.49. The Morgan fingerprint density at radius 2 is 1.72 bits per heavy atom. The summed E-state index contributed by atoms with van der Waals surface area (Å²) in [6.07, 6.45) is 3.47. The summed E-state index contributed by atoms with van der Waals surface area (Å²) in [7, 11) is 1.62. The lowest BCUT2D eigenvalue weighted by Gasteiger charge is -2.41. The first-order chi connectivity index (χ1) is 15.5. The second-order valence-corrected chi connectivity index (χ2v) is 8.49. The summed E-state index contributed by atoms with van der Waals surface area (Å²) < 4.78 is 5.26. The number of aryl methyl sites for hydroxylation is 1. The van der Waals surface area contributed by atoms with Crippen molar-refractivity contribution in [3.05, 3.63) is 47.3 Å². The van der Waals surface area contributed by atoms with E-state index in [0.717, 1.165) is 42.9 Å². The maximum absolute atomic E-state index is 13.4. The second kappa shape index (κ2) is 9.54. The summed E-state index contributed by atoms with van der Waals surface area (Å²) in [6.45, 7) is 6.72. The molecule has 0 unspecified atom stereocenters. The number of aromatic nitrogens is 2. The SMILES string of the molecule is COc1ccc([C@H]2CN(C(=O)c3cc(C)nc(N4CCCCC4)n3)CCN2C(C)=O)cc1. The molecule has 0 N–H and O–H groups in total. The van der Waals surface area contributed by atoms with E-state index in [0.29, 0.717) is 31.3 Å². The third-order valence-electron chi connectivity index (χ3n) is 6.27. The van der Waals surface area contributed by atoms with E-state index in [2.05, 4.69) is 14.9 Å². The third kappa shape index (κ3) is 4.69. The lowest BCUT2D eigenvalue weighted by Crippen LogP contribution is -2.52. The van der Waals surface area contributed by atoms with Crippen molar-refractivity contribution in [2.24, 2.45) is 0 Å². The highest BCUT2D eigenvalue weighted by atomic mass is 16.5. The highest BCUT2D eigenvalue weighted by molar-refractivity contribution is 5.93. The molecule has 0 spiro atoms. The van der Waals surface area contributed by atoms with Crippen LogP contribution in [0.2, 0.25) is 0 Å². The van der Waals surface area contributed by atoms with Crippen LogP contribution in [0.25, 0.3) is 0 Å². The number of methoxy groups -OCH3 is 1. The summed E-state index contributed by atoms with van der Waals surface area (Å²) in [4.78, 5) is 40.7. The molecule has 0 radical (unpaired) electrons. The first-order valence-corrected chi connectivity index (χ1v) is 11.3. The van der Waals surface area contributed by atoms with Crippen molar-refractivity contribution in [2.75, 3.05) is 44.7 Å². The maximum Gasteiger partial charge on any atom is 0.272 e. The summed E-state index contributed by atoms with van der Waals surface area (Å²) in [6, 6.07) is 9.23. The number of piperazine rings is 1. The predicted octanol–water partition coefficient (Wildman–Crippen LogP) is 2.83. The van der Waals surface area contributed by atoms with Gasteiger partial charge in [-0.05, 0) is 49.9 Å². The molecule has 0 bridgehead atoms. The molecule has 0 saturated carbocycles. The summed E-state index contributed by atoms with van der Waals surface area (Å²) in [5.74, 6) is 1.29.